The van der Waals surface area contributed by atoms with Gasteiger partial charge in [0.1, 0.15) is 6.10 Å². The molecule has 1 amide bonds. The van der Waals surface area contributed by atoms with E-state index >= 15 is 0 Å². The first-order valence-electron chi connectivity index (χ1n) is 8.16. The normalized spacial score (nSPS) is 18.2. The fourth-order valence-corrected chi connectivity index (χ4v) is 4.24. The molecule has 0 spiro atoms. The van der Waals surface area contributed by atoms with Crippen molar-refractivity contribution in [2.24, 2.45) is 11.7 Å². The summed E-state index contributed by atoms with van der Waals surface area (Å²) in [6.07, 6.45) is 0.520. The quantitative estimate of drug-likeness (QED) is 0.633. The highest BCUT2D eigenvalue weighted by molar-refractivity contribution is 7.89. The number of aliphatic hydroxyl groups is 1. The van der Waals surface area contributed by atoms with Gasteiger partial charge >= 0.3 is 0 Å². The Hall–Kier alpha value is -1.48. The Balaban J connectivity index is 1.82. The first-order valence-corrected chi connectivity index (χ1v) is 9.60. The molecule has 7 nitrogen and oxygen atoms in total. The van der Waals surface area contributed by atoms with E-state index in [-0.39, 0.29) is 18.9 Å². The summed E-state index contributed by atoms with van der Waals surface area (Å²) >= 11 is 0. The molecule has 1 aliphatic rings. The van der Waals surface area contributed by atoms with Crippen LogP contribution in [0.25, 0.3) is 0 Å². The van der Waals surface area contributed by atoms with Crippen LogP contribution >= 0.6 is 0 Å². The number of sulfonamides is 1. The van der Waals surface area contributed by atoms with Crippen LogP contribution in [0.4, 0.5) is 0 Å². The molecule has 1 fully saturated rings. The number of nitrogens with zero attached hydrogens (tertiary/aromatic N) is 1. The first-order chi connectivity index (χ1) is 11.4. The number of amides is 1. The molecule has 2 rings (SSSR count). The molecule has 24 heavy (non-hydrogen) atoms. The van der Waals surface area contributed by atoms with Gasteiger partial charge in [-0.1, -0.05) is 18.2 Å². The molecule has 0 bridgehead atoms. The smallest absolute Gasteiger partial charge is 0.248 e. The van der Waals surface area contributed by atoms with Crippen LogP contribution in [0.15, 0.2) is 35.2 Å². The molecule has 4 N–H and O–H groups in total. The predicted molar refractivity (Wildman–Crippen MR) is 90.6 cm³/mol. The number of aliphatic hydroxyl groups excluding tert-OH is 1. The Morgan fingerprint density at radius 1 is 1.29 bits per heavy atom. The lowest BCUT2D eigenvalue weighted by molar-refractivity contribution is -0.129. The van der Waals surface area contributed by atoms with Gasteiger partial charge in [0.15, 0.2) is 0 Å². The van der Waals surface area contributed by atoms with Crippen molar-refractivity contribution in [2.75, 3.05) is 26.2 Å². The van der Waals surface area contributed by atoms with Crippen LogP contribution in [0.5, 0.6) is 0 Å². The van der Waals surface area contributed by atoms with Crippen molar-refractivity contribution in [1.82, 2.24) is 9.62 Å². The average Bonchev–Trinajstić information content (AvgIpc) is 2.61. The Kier molecular flexibility index (Phi) is 6.73. The second-order valence-corrected chi connectivity index (χ2v) is 7.94. The number of nitrogens with one attached hydrogen (secondary N) is 1. The van der Waals surface area contributed by atoms with Crippen molar-refractivity contribution in [3.05, 3.63) is 30.3 Å². The highest BCUT2D eigenvalue weighted by Crippen LogP contribution is 2.23. The van der Waals surface area contributed by atoms with E-state index < -0.39 is 22.0 Å². The topological polar surface area (TPSA) is 113 Å². The van der Waals surface area contributed by atoms with E-state index in [2.05, 4.69) is 5.32 Å². The standard InChI is InChI=1S/C16H25N3O4S/c17-9-6-15(20)16(21)18-12-13-7-10-19(11-8-13)24(22,23)14-4-2-1-3-5-14/h1-5,13,15,20H,6-12,17H2,(H,18,21). The third kappa shape index (κ3) is 4.76. The minimum absolute atomic E-state index is 0.209. The largest absolute Gasteiger partial charge is 0.383 e. The maximum absolute atomic E-state index is 12.5. The van der Waals surface area contributed by atoms with Crippen LogP contribution in [-0.4, -0.2) is 56.0 Å². The van der Waals surface area contributed by atoms with Crippen LogP contribution in [0.2, 0.25) is 0 Å². The van der Waals surface area contributed by atoms with Crippen LogP contribution < -0.4 is 11.1 Å². The fraction of sp³-hybridized carbons (Fsp3) is 0.562. The van der Waals surface area contributed by atoms with Crippen molar-refractivity contribution in [3.8, 4) is 0 Å². The number of benzene rings is 1. The van der Waals surface area contributed by atoms with E-state index in [9.17, 15) is 18.3 Å². The van der Waals surface area contributed by atoms with E-state index in [1.54, 1.807) is 30.3 Å². The Morgan fingerprint density at radius 3 is 2.50 bits per heavy atom. The van der Waals surface area contributed by atoms with Gasteiger partial charge in [0.05, 0.1) is 4.90 Å². The molecule has 1 heterocycles. The summed E-state index contributed by atoms with van der Waals surface area (Å²) in [5, 5.41) is 12.3. The van der Waals surface area contributed by atoms with Crippen LogP contribution in [0.3, 0.4) is 0 Å². The number of nitrogens with two attached hydrogens (primary N) is 1. The Morgan fingerprint density at radius 2 is 1.92 bits per heavy atom. The van der Waals surface area contributed by atoms with Gasteiger partial charge in [-0.15, -0.1) is 0 Å². The molecule has 1 aromatic carbocycles. The molecule has 1 saturated heterocycles. The molecule has 0 radical (unpaired) electrons. The van der Waals surface area contributed by atoms with Gasteiger partial charge in [-0.3, -0.25) is 4.79 Å². The number of piperidine rings is 1. The summed E-state index contributed by atoms with van der Waals surface area (Å²) in [5.41, 5.74) is 5.31. The summed E-state index contributed by atoms with van der Waals surface area (Å²) in [6, 6.07) is 8.40. The zero-order valence-corrected chi connectivity index (χ0v) is 14.4. The molecule has 1 atom stereocenters. The maximum Gasteiger partial charge on any atom is 0.248 e. The zero-order valence-electron chi connectivity index (χ0n) is 13.6. The van der Waals surface area contributed by atoms with Crippen molar-refractivity contribution >= 4 is 15.9 Å². The summed E-state index contributed by atoms with van der Waals surface area (Å²) in [5.74, 6) is -0.207. The number of carbonyl (C=O) groups is 1. The highest BCUT2D eigenvalue weighted by Gasteiger charge is 2.29. The summed E-state index contributed by atoms with van der Waals surface area (Å²) in [4.78, 5) is 12.0. The monoisotopic (exact) mass is 355 g/mol. The van der Waals surface area contributed by atoms with Crippen molar-refractivity contribution in [3.63, 3.8) is 0 Å². The molecule has 8 heteroatoms. The zero-order chi connectivity index (χ0) is 17.6. The van der Waals surface area contributed by atoms with Crippen molar-refractivity contribution < 1.29 is 18.3 Å². The van der Waals surface area contributed by atoms with E-state index in [1.165, 1.54) is 4.31 Å². The SMILES string of the molecule is NCCC(O)C(=O)NCC1CCN(S(=O)(=O)c2ccccc2)CC1. The second kappa shape index (κ2) is 8.57. The lowest BCUT2D eigenvalue weighted by atomic mass is 9.98. The van der Waals surface area contributed by atoms with Crippen molar-refractivity contribution in [1.29, 1.82) is 0 Å². The van der Waals surface area contributed by atoms with Crippen LogP contribution in [0.1, 0.15) is 19.3 Å². The van der Waals surface area contributed by atoms with Gasteiger partial charge in [0.25, 0.3) is 0 Å². The van der Waals surface area contributed by atoms with E-state index in [0.717, 1.165) is 0 Å². The number of hydrogen-bond acceptors (Lipinski definition) is 5. The van der Waals surface area contributed by atoms with E-state index in [4.69, 9.17) is 5.73 Å². The van der Waals surface area contributed by atoms with E-state index in [1.807, 2.05) is 0 Å². The van der Waals surface area contributed by atoms with Crippen LogP contribution in [0, 0.1) is 5.92 Å². The molecular formula is C16H25N3O4S. The third-order valence-electron chi connectivity index (χ3n) is 4.26. The molecule has 134 valence electrons. The maximum atomic E-state index is 12.5. The molecule has 0 aromatic heterocycles. The molecular weight excluding hydrogens is 330 g/mol. The first kappa shape index (κ1) is 18.9. The van der Waals surface area contributed by atoms with Gasteiger partial charge in [-0.2, -0.15) is 4.31 Å². The van der Waals surface area contributed by atoms with Gasteiger partial charge in [-0.25, -0.2) is 8.42 Å². The number of rotatable bonds is 7. The number of hydrogen-bond donors (Lipinski definition) is 3. The van der Waals surface area contributed by atoms with Crippen LogP contribution in [-0.2, 0) is 14.8 Å². The number of carbonyl (C=O) groups excluding carboxylic acids is 1. The lowest BCUT2D eigenvalue weighted by Crippen LogP contribution is -2.43. The predicted octanol–water partition coefficient (Wildman–Crippen LogP) is -0.0868. The lowest BCUT2D eigenvalue weighted by Gasteiger charge is -2.31. The minimum atomic E-state index is -3.45. The van der Waals surface area contributed by atoms with Gasteiger partial charge in [0.2, 0.25) is 15.9 Å². The second-order valence-electron chi connectivity index (χ2n) is 6.00. The molecule has 1 unspecified atom stereocenters. The van der Waals surface area contributed by atoms with Crippen molar-refractivity contribution in [2.45, 2.75) is 30.3 Å². The Bertz CT molecular complexity index is 628. The highest BCUT2D eigenvalue weighted by atomic mass is 32.2. The molecule has 0 saturated carbocycles. The fourth-order valence-electron chi connectivity index (χ4n) is 2.75. The van der Waals surface area contributed by atoms with Gasteiger partial charge in [-0.05, 0) is 43.9 Å². The van der Waals surface area contributed by atoms with Gasteiger partial charge in [0, 0.05) is 19.6 Å². The average molecular weight is 355 g/mol. The third-order valence-corrected chi connectivity index (χ3v) is 6.18. The van der Waals surface area contributed by atoms with Gasteiger partial charge < -0.3 is 16.2 Å². The molecule has 0 aliphatic carbocycles. The molecule has 1 aromatic rings. The minimum Gasteiger partial charge on any atom is -0.383 e. The van der Waals surface area contributed by atoms with E-state index in [0.29, 0.717) is 37.4 Å². The summed E-state index contributed by atoms with van der Waals surface area (Å²) < 4.78 is 26.6. The summed E-state index contributed by atoms with van der Waals surface area (Å²) in [6.45, 7) is 1.57. The summed E-state index contributed by atoms with van der Waals surface area (Å²) in [7, 11) is -3.45. The Labute approximate surface area is 142 Å². The molecule has 1 aliphatic heterocycles.